The molecule has 9 nitrogen and oxygen atoms in total. The quantitative estimate of drug-likeness (QED) is 0.472. The van der Waals surface area contributed by atoms with Crippen LogP contribution in [0.4, 0.5) is 23.3 Å². The molecule has 1 aliphatic heterocycles. The van der Waals surface area contributed by atoms with Crippen LogP contribution in [0.2, 0.25) is 0 Å². The van der Waals surface area contributed by atoms with Crippen molar-refractivity contribution >= 4 is 35.1 Å². The largest absolute Gasteiger partial charge is 0.373 e. The van der Waals surface area contributed by atoms with Crippen LogP contribution in [0.1, 0.15) is 41.8 Å². The van der Waals surface area contributed by atoms with Gasteiger partial charge >= 0.3 is 0 Å². The van der Waals surface area contributed by atoms with Gasteiger partial charge in [0.25, 0.3) is 5.91 Å². The van der Waals surface area contributed by atoms with Crippen LogP contribution in [-0.2, 0) is 16.8 Å². The fourth-order valence-electron chi connectivity index (χ4n) is 3.66. The summed E-state index contributed by atoms with van der Waals surface area (Å²) in [4.78, 5) is 37.9. The second-order valence-corrected chi connectivity index (χ2v) is 8.21. The van der Waals surface area contributed by atoms with E-state index in [4.69, 9.17) is 0 Å². The summed E-state index contributed by atoms with van der Waals surface area (Å²) < 4.78 is 0. The zero-order valence-corrected chi connectivity index (χ0v) is 18.2. The second-order valence-electron chi connectivity index (χ2n) is 8.21. The third kappa shape index (κ3) is 4.51. The van der Waals surface area contributed by atoms with Crippen molar-refractivity contribution in [1.82, 2.24) is 15.0 Å². The van der Waals surface area contributed by atoms with Gasteiger partial charge in [0.05, 0.1) is 5.56 Å². The summed E-state index contributed by atoms with van der Waals surface area (Å²) in [6, 6.07) is 10.8. The van der Waals surface area contributed by atoms with Gasteiger partial charge in [0, 0.05) is 43.4 Å². The smallest absolute Gasteiger partial charge is 0.260 e. The number of carbonyl (C=O) groups excluding carboxylic acids is 2. The number of pyridine rings is 3. The van der Waals surface area contributed by atoms with E-state index in [0.29, 0.717) is 36.0 Å². The molecule has 1 aliphatic rings. The normalized spacial score (nSPS) is 14.2. The molecular formula is C23H25N7O2. The molecule has 4 heterocycles. The van der Waals surface area contributed by atoms with Crippen LogP contribution in [0.5, 0.6) is 0 Å². The van der Waals surface area contributed by atoms with Gasteiger partial charge in [-0.3, -0.25) is 9.59 Å². The van der Waals surface area contributed by atoms with Gasteiger partial charge in [0.15, 0.2) is 0 Å². The first-order chi connectivity index (χ1) is 15.4. The Kier molecular flexibility index (Phi) is 5.72. The Morgan fingerprint density at radius 3 is 2.78 bits per heavy atom. The van der Waals surface area contributed by atoms with Crippen molar-refractivity contribution in [3.8, 4) is 0 Å². The molecule has 3 aromatic rings. The molecule has 0 saturated heterocycles. The summed E-state index contributed by atoms with van der Waals surface area (Å²) in [5.41, 5.74) is 2.01. The third-order valence-electron chi connectivity index (χ3n) is 5.32. The Balaban J connectivity index is 1.51. The van der Waals surface area contributed by atoms with Crippen LogP contribution in [-0.4, -0.2) is 33.8 Å². The molecule has 4 rings (SSSR count). The number of nitrogens with zero attached hydrogens (tertiary/aromatic N) is 3. The lowest BCUT2D eigenvalue weighted by Crippen LogP contribution is -2.33. The van der Waals surface area contributed by atoms with Crippen molar-refractivity contribution < 1.29 is 9.59 Å². The highest BCUT2D eigenvalue weighted by molar-refractivity contribution is 6.07. The van der Waals surface area contributed by atoms with E-state index in [-0.39, 0.29) is 17.2 Å². The average molecular weight is 432 g/mol. The van der Waals surface area contributed by atoms with Crippen LogP contribution in [0.25, 0.3) is 0 Å². The highest BCUT2D eigenvalue weighted by atomic mass is 16.2. The van der Waals surface area contributed by atoms with Crippen molar-refractivity contribution in [2.75, 3.05) is 28.3 Å². The number of carbonyl (C=O) groups is 2. The maximum Gasteiger partial charge on any atom is 0.260 e. The third-order valence-corrected chi connectivity index (χ3v) is 5.32. The van der Waals surface area contributed by atoms with Crippen molar-refractivity contribution in [2.24, 2.45) is 0 Å². The number of nitrogens with one attached hydrogen (secondary N) is 4. The molecule has 164 valence electrons. The minimum atomic E-state index is -0.347. The molecule has 0 aliphatic carbocycles. The summed E-state index contributed by atoms with van der Waals surface area (Å²) in [6.45, 7) is 4.48. The first kappa shape index (κ1) is 21.2. The van der Waals surface area contributed by atoms with E-state index < -0.39 is 0 Å². The second kappa shape index (κ2) is 8.62. The maximum absolute atomic E-state index is 13.0. The van der Waals surface area contributed by atoms with Crippen molar-refractivity contribution in [3.63, 3.8) is 0 Å². The van der Waals surface area contributed by atoms with Gasteiger partial charge in [-0.25, -0.2) is 15.0 Å². The predicted molar refractivity (Wildman–Crippen MR) is 124 cm³/mol. The summed E-state index contributed by atoms with van der Waals surface area (Å²) in [7, 11) is 1.81. The minimum absolute atomic E-state index is 0.0882. The van der Waals surface area contributed by atoms with Crippen molar-refractivity contribution in [1.29, 1.82) is 0 Å². The lowest BCUT2D eigenvalue weighted by molar-refractivity contribution is -0.117. The van der Waals surface area contributed by atoms with E-state index in [2.05, 4.69) is 36.2 Å². The zero-order chi connectivity index (χ0) is 22.7. The standard InChI is InChI=1S/C23H25N7O2/c1-23(2)12-19(31)30-21-16(23)6-7-17(28-21)29-22(32)15-5-4-9-26-20(15)27-13-14-8-10-25-18(11-14)24-3/h4-11H,12-13H2,1-3H3,(H,24,25)(H,26,27)(H2,28,29,30,31,32). The van der Waals surface area contributed by atoms with Crippen LogP contribution >= 0.6 is 0 Å². The number of hydrogen-bond acceptors (Lipinski definition) is 7. The first-order valence-electron chi connectivity index (χ1n) is 10.3. The fraction of sp³-hybridized carbons (Fsp3) is 0.261. The number of fused-ring (bicyclic) bond motifs is 1. The van der Waals surface area contributed by atoms with Gasteiger partial charge < -0.3 is 21.3 Å². The van der Waals surface area contributed by atoms with Crippen LogP contribution in [0, 0.1) is 0 Å². The van der Waals surface area contributed by atoms with Gasteiger partial charge in [-0.05, 0) is 35.9 Å². The molecule has 9 heteroatoms. The van der Waals surface area contributed by atoms with Crippen LogP contribution in [0.15, 0.2) is 48.8 Å². The van der Waals surface area contributed by atoms with Gasteiger partial charge in [0.1, 0.15) is 23.3 Å². The number of amides is 2. The van der Waals surface area contributed by atoms with Crippen LogP contribution in [0.3, 0.4) is 0 Å². The van der Waals surface area contributed by atoms with E-state index in [1.165, 1.54) is 0 Å². The Hall–Kier alpha value is -4.01. The molecule has 0 fully saturated rings. The molecule has 0 radical (unpaired) electrons. The molecule has 2 amide bonds. The topological polar surface area (TPSA) is 121 Å². The fourth-order valence-corrected chi connectivity index (χ4v) is 3.66. The van der Waals surface area contributed by atoms with Gasteiger partial charge in [0.2, 0.25) is 5.91 Å². The van der Waals surface area contributed by atoms with Gasteiger partial charge in [-0.15, -0.1) is 0 Å². The van der Waals surface area contributed by atoms with Gasteiger partial charge in [-0.1, -0.05) is 19.9 Å². The van der Waals surface area contributed by atoms with E-state index in [9.17, 15) is 9.59 Å². The molecular weight excluding hydrogens is 406 g/mol. The molecule has 0 bridgehead atoms. The molecule has 3 aromatic heterocycles. The van der Waals surface area contributed by atoms with Crippen LogP contribution < -0.4 is 21.3 Å². The molecule has 0 saturated carbocycles. The average Bonchev–Trinajstić information content (AvgIpc) is 2.77. The van der Waals surface area contributed by atoms with Gasteiger partial charge in [-0.2, -0.15) is 0 Å². The molecule has 4 N–H and O–H groups in total. The molecule has 0 unspecified atom stereocenters. The van der Waals surface area contributed by atoms with Crippen molar-refractivity contribution in [3.05, 3.63) is 65.5 Å². The first-order valence-corrected chi connectivity index (χ1v) is 10.3. The Morgan fingerprint density at radius 1 is 1.12 bits per heavy atom. The number of aromatic nitrogens is 3. The SMILES string of the molecule is CNc1cc(CNc2ncccc2C(=O)Nc2ccc3c(n2)NC(=O)CC3(C)C)ccn1. The molecule has 0 aromatic carbocycles. The molecule has 0 spiro atoms. The highest BCUT2D eigenvalue weighted by Crippen LogP contribution is 2.36. The number of anilines is 4. The summed E-state index contributed by atoms with van der Waals surface area (Å²) in [6.07, 6.45) is 3.74. The maximum atomic E-state index is 13.0. The van der Waals surface area contributed by atoms with E-state index in [0.717, 1.165) is 16.9 Å². The lowest BCUT2D eigenvalue weighted by Gasteiger charge is -2.31. The van der Waals surface area contributed by atoms with Crippen molar-refractivity contribution in [2.45, 2.75) is 32.2 Å². The Morgan fingerprint density at radius 2 is 1.97 bits per heavy atom. The Bertz CT molecular complexity index is 1180. The van der Waals surface area contributed by atoms with E-state index in [1.807, 2.05) is 39.1 Å². The lowest BCUT2D eigenvalue weighted by atomic mass is 9.79. The number of rotatable bonds is 6. The highest BCUT2D eigenvalue weighted by Gasteiger charge is 2.33. The summed E-state index contributed by atoms with van der Waals surface area (Å²) in [5.74, 6) is 1.62. The van der Waals surface area contributed by atoms with E-state index in [1.54, 1.807) is 30.6 Å². The summed E-state index contributed by atoms with van der Waals surface area (Å²) >= 11 is 0. The monoisotopic (exact) mass is 431 g/mol. The minimum Gasteiger partial charge on any atom is -0.373 e. The number of hydrogen-bond donors (Lipinski definition) is 4. The Labute approximate surface area is 186 Å². The zero-order valence-electron chi connectivity index (χ0n) is 18.2. The summed E-state index contributed by atoms with van der Waals surface area (Å²) in [5, 5.41) is 11.8. The molecule has 32 heavy (non-hydrogen) atoms. The van der Waals surface area contributed by atoms with E-state index >= 15 is 0 Å². The predicted octanol–water partition coefficient (Wildman–Crippen LogP) is 3.40. The molecule has 0 atom stereocenters.